The summed E-state index contributed by atoms with van der Waals surface area (Å²) in [5.41, 5.74) is 1.83. The van der Waals surface area contributed by atoms with E-state index in [1.807, 2.05) is 48.5 Å². The molecule has 1 aromatic heterocycles. The number of pyridine rings is 1. The van der Waals surface area contributed by atoms with Crippen LogP contribution in [-0.4, -0.2) is 30.7 Å². The van der Waals surface area contributed by atoms with Crippen molar-refractivity contribution in [2.45, 2.75) is 12.8 Å². The van der Waals surface area contributed by atoms with Gasteiger partial charge in [0.05, 0.1) is 30.8 Å². The van der Waals surface area contributed by atoms with E-state index < -0.39 is 11.2 Å². The van der Waals surface area contributed by atoms with Crippen molar-refractivity contribution in [1.29, 1.82) is 0 Å². The van der Waals surface area contributed by atoms with Crippen LogP contribution in [0.25, 0.3) is 10.9 Å². The molecule has 4 aromatic rings. The Hall–Kier alpha value is -4.43. The van der Waals surface area contributed by atoms with Crippen LogP contribution in [0.3, 0.4) is 0 Å². The van der Waals surface area contributed by atoms with Crippen LogP contribution in [0.15, 0.2) is 91.3 Å². The minimum Gasteiger partial charge on any atom is -0.493 e. The number of benzene rings is 3. The quantitative estimate of drug-likeness (QED) is 0.226. The topological polar surface area (TPSA) is 81.7 Å². The van der Waals surface area contributed by atoms with Crippen molar-refractivity contribution >= 4 is 28.2 Å². The molecule has 0 radical (unpaired) electrons. The van der Waals surface area contributed by atoms with Crippen molar-refractivity contribution in [2.75, 3.05) is 30.5 Å². The van der Waals surface area contributed by atoms with E-state index in [4.69, 9.17) is 14.2 Å². The number of ether oxygens (including phenoxy) is 3. The molecule has 1 saturated heterocycles. The summed E-state index contributed by atoms with van der Waals surface area (Å²) in [5.74, 6) is 2.31. The first kappa shape index (κ1) is 25.5. The summed E-state index contributed by atoms with van der Waals surface area (Å²) in [7, 11) is 0. The predicted octanol–water partition coefficient (Wildman–Crippen LogP) is 6.78. The standard InChI is InChI=1S/C33H30FN3O4/c1-20(36-21-5-3-2-4-6-21)33(12-13-33)32(38)37-22-7-10-31(28(34)15-22)41-30-11-14-35-29-16-23(8-9-24(29)30)40-19-27-25-17-39-18-26(25)27/h2-11,14-16,25-27,36H,1,12-13,17-19H2,(H,37,38). The number of fused-ring (bicyclic) bond motifs is 2. The van der Waals surface area contributed by atoms with E-state index in [0.717, 1.165) is 30.0 Å². The molecule has 0 bridgehead atoms. The zero-order valence-electron chi connectivity index (χ0n) is 22.4. The molecule has 2 unspecified atom stereocenters. The fourth-order valence-corrected chi connectivity index (χ4v) is 5.72. The van der Waals surface area contributed by atoms with E-state index in [9.17, 15) is 4.79 Å². The van der Waals surface area contributed by atoms with Crippen molar-refractivity contribution in [3.8, 4) is 17.2 Å². The highest BCUT2D eigenvalue weighted by molar-refractivity contribution is 6.00. The van der Waals surface area contributed by atoms with Crippen LogP contribution < -0.4 is 20.1 Å². The first-order valence-corrected chi connectivity index (χ1v) is 13.9. The lowest BCUT2D eigenvalue weighted by Gasteiger charge is -2.20. The van der Waals surface area contributed by atoms with Crippen molar-refractivity contribution in [3.05, 3.63) is 97.1 Å². The van der Waals surface area contributed by atoms with Gasteiger partial charge in [0.2, 0.25) is 5.91 Å². The highest BCUT2D eigenvalue weighted by Gasteiger charge is 2.54. The largest absolute Gasteiger partial charge is 0.493 e. The van der Waals surface area contributed by atoms with Gasteiger partial charge in [-0.25, -0.2) is 4.39 Å². The molecule has 2 N–H and O–H groups in total. The maximum Gasteiger partial charge on any atom is 0.236 e. The summed E-state index contributed by atoms with van der Waals surface area (Å²) in [6.45, 7) is 6.46. The van der Waals surface area contributed by atoms with Gasteiger partial charge >= 0.3 is 0 Å². The molecule has 1 amide bonds. The number of anilines is 2. The number of aromatic nitrogens is 1. The Bertz CT molecular complexity index is 1630. The number of hydrogen-bond donors (Lipinski definition) is 2. The lowest BCUT2D eigenvalue weighted by molar-refractivity contribution is -0.119. The Labute approximate surface area is 237 Å². The van der Waals surface area contributed by atoms with Gasteiger partial charge in [-0.2, -0.15) is 0 Å². The van der Waals surface area contributed by atoms with Gasteiger partial charge in [0.15, 0.2) is 11.6 Å². The number of halogens is 1. The smallest absolute Gasteiger partial charge is 0.236 e. The predicted molar refractivity (Wildman–Crippen MR) is 155 cm³/mol. The lowest BCUT2D eigenvalue weighted by atomic mass is 10.0. The molecule has 3 aromatic carbocycles. The highest BCUT2D eigenvalue weighted by Crippen LogP contribution is 2.52. The summed E-state index contributed by atoms with van der Waals surface area (Å²) in [4.78, 5) is 17.6. The maximum atomic E-state index is 15.1. The zero-order valence-corrected chi connectivity index (χ0v) is 22.4. The number of carbonyl (C=O) groups is 1. The summed E-state index contributed by atoms with van der Waals surface area (Å²) in [6.07, 6.45) is 2.99. The molecule has 2 saturated carbocycles. The molecule has 2 heterocycles. The Kier molecular flexibility index (Phi) is 6.35. The van der Waals surface area contributed by atoms with E-state index in [1.54, 1.807) is 18.3 Å². The van der Waals surface area contributed by atoms with Gasteiger partial charge in [0, 0.05) is 46.7 Å². The third-order valence-corrected chi connectivity index (χ3v) is 8.49. The summed E-state index contributed by atoms with van der Waals surface area (Å²) in [6, 6.07) is 21.3. The number of para-hydroxylation sites is 1. The van der Waals surface area contributed by atoms with Gasteiger partial charge < -0.3 is 24.8 Å². The molecule has 2 aliphatic carbocycles. The first-order valence-electron chi connectivity index (χ1n) is 13.9. The summed E-state index contributed by atoms with van der Waals surface area (Å²) in [5, 5.41) is 6.83. The summed E-state index contributed by atoms with van der Waals surface area (Å²) >= 11 is 0. The molecule has 1 aliphatic heterocycles. The molecule has 7 nitrogen and oxygen atoms in total. The molecule has 0 spiro atoms. The molecular weight excluding hydrogens is 521 g/mol. The lowest BCUT2D eigenvalue weighted by Crippen LogP contribution is -2.28. The maximum absolute atomic E-state index is 15.1. The van der Waals surface area contributed by atoms with E-state index >= 15 is 4.39 Å². The molecule has 7 rings (SSSR count). The van der Waals surface area contributed by atoms with Gasteiger partial charge in [-0.05, 0) is 67.1 Å². The number of nitrogens with one attached hydrogen (secondary N) is 2. The molecule has 3 aliphatic rings. The number of rotatable bonds is 10. The fraction of sp³-hybridized carbons (Fsp3) is 0.273. The molecule has 2 atom stereocenters. The number of hydrogen-bond acceptors (Lipinski definition) is 6. The van der Waals surface area contributed by atoms with Crippen LogP contribution in [0.4, 0.5) is 15.8 Å². The normalized spacial score (nSPS) is 21.5. The van der Waals surface area contributed by atoms with Gasteiger partial charge in [0.25, 0.3) is 0 Å². The second kappa shape index (κ2) is 10.2. The van der Waals surface area contributed by atoms with Crippen LogP contribution in [-0.2, 0) is 9.53 Å². The second-order valence-electron chi connectivity index (χ2n) is 11.1. The Balaban J connectivity index is 1.00. The fourth-order valence-electron chi connectivity index (χ4n) is 5.72. The molecule has 41 heavy (non-hydrogen) atoms. The van der Waals surface area contributed by atoms with Crippen molar-refractivity contribution in [1.82, 2.24) is 4.98 Å². The highest BCUT2D eigenvalue weighted by atomic mass is 19.1. The van der Waals surface area contributed by atoms with Gasteiger partial charge in [-0.3, -0.25) is 9.78 Å². The minimum absolute atomic E-state index is 0.0506. The van der Waals surface area contributed by atoms with Crippen LogP contribution in [0, 0.1) is 29.0 Å². The van der Waals surface area contributed by atoms with Gasteiger partial charge in [-0.1, -0.05) is 24.8 Å². The molecular formula is C33H30FN3O4. The van der Waals surface area contributed by atoms with Crippen LogP contribution in [0.5, 0.6) is 17.2 Å². The second-order valence-corrected chi connectivity index (χ2v) is 11.1. The van der Waals surface area contributed by atoms with Gasteiger partial charge in [0.1, 0.15) is 11.5 Å². The Morgan fingerprint density at radius 3 is 2.54 bits per heavy atom. The van der Waals surface area contributed by atoms with Crippen molar-refractivity contribution < 1.29 is 23.4 Å². The Morgan fingerprint density at radius 2 is 1.78 bits per heavy atom. The van der Waals surface area contributed by atoms with Crippen LogP contribution in [0.1, 0.15) is 12.8 Å². The number of carbonyl (C=O) groups excluding carboxylic acids is 1. The Morgan fingerprint density at radius 1 is 0.976 bits per heavy atom. The van der Waals surface area contributed by atoms with Crippen molar-refractivity contribution in [2.24, 2.45) is 23.2 Å². The average Bonchev–Trinajstić information content (AvgIpc) is 3.88. The zero-order chi connectivity index (χ0) is 28.0. The van der Waals surface area contributed by atoms with Crippen LogP contribution >= 0.6 is 0 Å². The average molecular weight is 552 g/mol. The summed E-state index contributed by atoms with van der Waals surface area (Å²) < 4.78 is 32.6. The van der Waals surface area contributed by atoms with Crippen molar-refractivity contribution in [3.63, 3.8) is 0 Å². The van der Waals surface area contributed by atoms with E-state index in [2.05, 4.69) is 22.2 Å². The molecule has 8 heteroatoms. The van der Waals surface area contributed by atoms with Gasteiger partial charge in [-0.15, -0.1) is 0 Å². The van der Waals surface area contributed by atoms with E-state index in [0.29, 0.717) is 59.9 Å². The monoisotopic (exact) mass is 551 g/mol. The van der Waals surface area contributed by atoms with E-state index in [-0.39, 0.29) is 11.7 Å². The first-order chi connectivity index (χ1) is 20.0. The third kappa shape index (κ3) is 5.00. The third-order valence-electron chi connectivity index (χ3n) is 8.49. The number of amides is 1. The molecule has 3 fully saturated rings. The minimum atomic E-state index is -0.716. The van der Waals surface area contributed by atoms with E-state index in [1.165, 1.54) is 12.1 Å². The number of nitrogens with zero attached hydrogens (tertiary/aromatic N) is 1. The van der Waals surface area contributed by atoms with Crippen LogP contribution in [0.2, 0.25) is 0 Å². The SMILES string of the molecule is C=C(Nc1ccccc1)C1(C(=O)Nc2ccc(Oc3ccnc4cc(OCC5C6COCC65)ccc34)c(F)c2)CC1. The molecule has 208 valence electrons.